The van der Waals surface area contributed by atoms with E-state index in [1.165, 1.54) is 27.1 Å². The zero-order valence-electron chi connectivity index (χ0n) is 25.3. The number of furan rings is 2. The number of anilines is 3. The van der Waals surface area contributed by atoms with Crippen molar-refractivity contribution in [3.63, 3.8) is 0 Å². The molecule has 3 aromatic heterocycles. The Morgan fingerprint density at radius 3 is 2.28 bits per heavy atom. The average molecular weight is 606 g/mol. The Morgan fingerprint density at radius 1 is 0.617 bits per heavy atom. The van der Waals surface area contributed by atoms with E-state index in [0.29, 0.717) is 6.54 Å². The summed E-state index contributed by atoms with van der Waals surface area (Å²) in [5.41, 5.74) is 7.92. The number of nitrogens with one attached hydrogen (secondary N) is 1. The van der Waals surface area contributed by atoms with Crippen LogP contribution in [0.1, 0.15) is 11.3 Å². The molecule has 0 saturated heterocycles. The maximum absolute atomic E-state index is 6.34. The summed E-state index contributed by atoms with van der Waals surface area (Å²) in [5.74, 6) is 1.69. The quantitative estimate of drug-likeness (QED) is 0.202. The molecule has 1 N–H and O–H groups in total. The van der Waals surface area contributed by atoms with Crippen LogP contribution in [0.5, 0.6) is 0 Å². The molecule has 10 rings (SSSR count). The summed E-state index contributed by atoms with van der Waals surface area (Å²) in [6.45, 7) is 0.650. The monoisotopic (exact) mass is 605 g/mol. The van der Waals surface area contributed by atoms with Gasteiger partial charge < -0.3 is 14.2 Å². The zero-order valence-corrected chi connectivity index (χ0v) is 25.3. The second kappa shape index (κ2) is 10.1. The molecule has 222 valence electrons. The third-order valence-corrected chi connectivity index (χ3v) is 9.36. The predicted octanol–water partition coefficient (Wildman–Crippen LogP) is 11.2. The van der Waals surface area contributed by atoms with Crippen LogP contribution in [0, 0.1) is 0 Å². The van der Waals surface area contributed by atoms with Crippen LogP contribution in [-0.2, 0) is 6.54 Å². The van der Waals surface area contributed by atoms with Gasteiger partial charge in [0.25, 0.3) is 0 Å². The number of aromatic nitrogens is 1. The van der Waals surface area contributed by atoms with Crippen LogP contribution >= 0.6 is 0 Å². The minimum Gasteiger partial charge on any atom is -0.458 e. The van der Waals surface area contributed by atoms with Crippen LogP contribution in [0.25, 0.3) is 71.7 Å². The summed E-state index contributed by atoms with van der Waals surface area (Å²) in [7, 11) is 0. The first-order chi connectivity index (χ1) is 23.3. The maximum Gasteiger partial charge on any atom is 0.141 e. The fourth-order valence-corrected chi connectivity index (χ4v) is 7.20. The SMILES string of the molecule is C1=Cc2c(oc3cccc(N(c4ccc(-c5cc6ccccc6c6ccccc56)cc4)c4cc5oc6ccccc6c5cn4)c23)CN1. The molecule has 0 aliphatic carbocycles. The van der Waals surface area contributed by atoms with Crippen molar-refractivity contribution in [3.8, 4) is 11.1 Å². The Labute approximate surface area is 270 Å². The molecular weight excluding hydrogens is 578 g/mol. The lowest BCUT2D eigenvalue weighted by Gasteiger charge is -2.25. The molecule has 4 heterocycles. The first-order valence-electron chi connectivity index (χ1n) is 15.8. The minimum absolute atomic E-state index is 0.650. The van der Waals surface area contributed by atoms with Gasteiger partial charge in [-0.05, 0) is 81.3 Å². The lowest BCUT2D eigenvalue weighted by molar-refractivity contribution is 0.532. The van der Waals surface area contributed by atoms with E-state index >= 15 is 0 Å². The summed E-state index contributed by atoms with van der Waals surface area (Å²) in [4.78, 5) is 7.26. The van der Waals surface area contributed by atoms with Crippen LogP contribution in [0.15, 0.2) is 149 Å². The summed E-state index contributed by atoms with van der Waals surface area (Å²) >= 11 is 0. The van der Waals surface area contributed by atoms with Crippen molar-refractivity contribution in [3.05, 3.63) is 151 Å². The molecule has 1 aliphatic rings. The van der Waals surface area contributed by atoms with Gasteiger partial charge >= 0.3 is 0 Å². The van der Waals surface area contributed by atoms with Crippen LogP contribution in [0.4, 0.5) is 17.2 Å². The standard InChI is InChI=1S/C42H27N3O2/c1-2-9-29-27(8-1)22-34(31-11-4-3-10-30(29)31)26-16-18-28(19-17-26)45(36-13-7-15-38-42(36)33-20-21-43-25-40(33)47-38)41-23-39-35(24-44-41)32-12-5-6-14-37(32)46-39/h1-24,43H,25H2. The van der Waals surface area contributed by atoms with Crippen molar-refractivity contribution in [2.24, 2.45) is 0 Å². The highest BCUT2D eigenvalue weighted by molar-refractivity contribution is 6.14. The third-order valence-electron chi connectivity index (χ3n) is 9.36. The van der Waals surface area contributed by atoms with Gasteiger partial charge in [-0.1, -0.05) is 84.9 Å². The Bertz CT molecular complexity index is 2700. The van der Waals surface area contributed by atoms with Crippen LogP contribution in [0.2, 0.25) is 0 Å². The molecule has 47 heavy (non-hydrogen) atoms. The highest BCUT2D eigenvalue weighted by Crippen LogP contribution is 2.44. The van der Waals surface area contributed by atoms with Crippen molar-refractivity contribution in [1.29, 1.82) is 0 Å². The second-order valence-corrected chi connectivity index (χ2v) is 12.0. The molecule has 1 aliphatic heterocycles. The molecule has 0 atom stereocenters. The highest BCUT2D eigenvalue weighted by Gasteiger charge is 2.24. The molecule has 5 nitrogen and oxygen atoms in total. The van der Waals surface area contributed by atoms with Gasteiger partial charge in [0.2, 0.25) is 0 Å². The molecule has 0 amide bonds. The molecule has 0 spiro atoms. The molecular formula is C42H27N3O2. The van der Waals surface area contributed by atoms with Gasteiger partial charge in [0, 0.05) is 34.3 Å². The largest absolute Gasteiger partial charge is 0.458 e. The van der Waals surface area contributed by atoms with Gasteiger partial charge in [-0.15, -0.1) is 0 Å². The number of nitrogens with zero attached hydrogens (tertiary/aromatic N) is 2. The van der Waals surface area contributed by atoms with Crippen molar-refractivity contribution >= 4 is 77.7 Å². The van der Waals surface area contributed by atoms with Crippen LogP contribution in [0.3, 0.4) is 0 Å². The molecule has 0 bridgehead atoms. The van der Waals surface area contributed by atoms with Crippen molar-refractivity contribution in [2.45, 2.75) is 6.54 Å². The van der Waals surface area contributed by atoms with Crippen molar-refractivity contribution in [1.82, 2.24) is 10.3 Å². The normalized spacial score (nSPS) is 12.7. The number of pyridine rings is 1. The Balaban J connectivity index is 1.18. The summed E-state index contributed by atoms with van der Waals surface area (Å²) < 4.78 is 12.7. The number of hydrogen-bond acceptors (Lipinski definition) is 5. The smallest absolute Gasteiger partial charge is 0.141 e. The lowest BCUT2D eigenvalue weighted by Crippen LogP contribution is -2.12. The minimum atomic E-state index is 0.650. The number of rotatable bonds is 4. The number of fused-ring (bicyclic) bond motifs is 9. The fraction of sp³-hybridized carbons (Fsp3) is 0.0238. The highest BCUT2D eigenvalue weighted by atomic mass is 16.3. The van der Waals surface area contributed by atoms with Crippen molar-refractivity contribution < 1.29 is 8.83 Å². The topological polar surface area (TPSA) is 54.4 Å². The zero-order chi connectivity index (χ0) is 30.9. The summed E-state index contributed by atoms with van der Waals surface area (Å²) in [6.07, 6.45) is 6.00. The Kier molecular flexibility index (Phi) is 5.57. The molecule has 0 fully saturated rings. The Hall–Kier alpha value is -6.33. The first-order valence-corrected chi connectivity index (χ1v) is 15.8. The van der Waals surface area contributed by atoms with E-state index in [9.17, 15) is 0 Å². The predicted molar refractivity (Wildman–Crippen MR) is 192 cm³/mol. The van der Waals surface area contributed by atoms with E-state index in [-0.39, 0.29) is 0 Å². The van der Waals surface area contributed by atoms with E-state index in [1.807, 2.05) is 48.8 Å². The molecule has 6 aromatic carbocycles. The van der Waals surface area contributed by atoms with Gasteiger partial charge in [-0.3, -0.25) is 4.90 Å². The van der Waals surface area contributed by atoms with E-state index in [2.05, 4.69) is 107 Å². The number of hydrogen-bond donors (Lipinski definition) is 1. The number of benzene rings is 6. The van der Waals surface area contributed by atoms with Crippen LogP contribution < -0.4 is 10.2 Å². The molecule has 0 unspecified atom stereocenters. The molecule has 9 aromatic rings. The molecule has 0 saturated carbocycles. The van der Waals surface area contributed by atoms with Gasteiger partial charge in [0.15, 0.2) is 0 Å². The Morgan fingerprint density at radius 2 is 1.38 bits per heavy atom. The summed E-state index contributed by atoms with van der Waals surface area (Å²) in [5, 5.41) is 11.4. The third kappa shape index (κ3) is 4.00. The first kappa shape index (κ1) is 25.9. The van der Waals surface area contributed by atoms with Gasteiger partial charge in [-0.25, -0.2) is 4.98 Å². The molecule has 0 radical (unpaired) electrons. The van der Waals surface area contributed by atoms with Gasteiger partial charge in [0.05, 0.1) is 17.6 Å². The van der Waals surface area contributed by atoms with E-state index in [0.717, 1.165) is 67.0 Å². The van der Waals surface area contributed by atoms with E-state index in [1.54, 1.807) is 0 Å². The van der Waals surface area contributed by atoms with Gasteiger partial charge in [0.1, 0.15) is 28.3 Å². The second-order valence-electron chi connectivity index (χ2n) is 12.0. The fourth-order valence-electron chi connectivity index (χ4n) is 7.20. The van der Waals surface area contributed by atoms with Crippen LogP contribution in [-0.4, -0.2) is 4.98 Å². The average Bonchev–Trinajstić information content (AvgIpc) is 3.70. The van der Waals surface area contributed by atoms with E-state index in [4.69, 9.17) is 13.8 Å². The van der Waals surface area contributed by atoms with Crippen molar-refractivity contribution in [2.75, 3.05) is 4.90 Å². The summed E-state index contributed by atoms with van der Waals surface area (Å²) in [6, 6.07) is 44.8. The number of para-hydroxylation sites is 1. The lowest BCUT2D eigenvalue weighted by atomic mass is 9.93. The van der Waals surface area contributed by atoms with E-state index < -0.39 is 0 Å². The maximum atomic E-state index is 6.34. The molecule has 5 heteroatoms. The van der Waals surface area contributed by atoms with Gasteiger partial charge in [-0.2, -0.15) is 0 Å².